The third kappa shape index (κ3) is 2.45. The number of rotatable bonds is 2. The van der Waals surface area contributed by atoms with E-state index in [9.17, 15) is 4.79 Å². The fraction of sp³-hybridized carbons (Fsp3) is 0.182. The fourth-order valence-electron chi connectivity index (χ4n) is 1.38. The van der Waals surface area contributed by atoms with E-state index >= 15 is 0 Å². The number of anilines is 1. The van der Waals surface area contributed by atoms with Crippen LogP contribution in [-0.4, -0.2) is 20.9 Å². The van der Waals surface area contributed by atoms with Crippen LogP contribution in [0.2, 0.25) is 5.02 Å². The van der Waals surface area contributed by atoms with Gasteiger partial charge in [-0.1, -0.05) is 22.9 Å². The molecule has 0 spiro atoms. The zero-order valence-corrected chi connectivity index (χ0v) is 10.2. The maximum absolute atomic E-state index is 11.8. The standard InChI is InChI=1S/C11H11ClN4O/c1-7-8(12)4-3-5-9(7)13-11(17)10-6-16(2)15-14-10/h3-6H,1-2H3,(H,13,17). The minimum Gasteiger partial charge on any atom is -0.320 e. The van der Waals surface area contributed by atoms with E-state index in [1.54, 1.807) is 31.4 Å². The van der Waals surface area contributed by atoms with Gasteiger partial charge in [-0.3, -0.25) is 9.48 Å². The summed E-state index contributed by atoms with van der Waals surface area (Å²) < 4.78 is 1.47. The van der Waals surface area contributed by atoms with Gasteiger partial charge in [0.05, 0.1) is 6.20 Å². The Morgan fingerprint density at radius 1 is 1.47 bits per heavy atom. The Balaban J connectivity index is 2.21. The van der Waals surface area contributed by atoms with Crippen molar-refractivity contribution in [3.05, 3.63) is 40.7 Å². The van der Waals surface area contributed by atoms with Crippen molar-refractivity contribution in [2.45, 2.75) is 6.92 Å². The lowest BCUT2D eigenvalue weighted by atomic mass is 10.2. The predicted molar refractivity (Wildman–Crippen MR) is 65.1 cm³/mol. The van der Waals surface area contributed by atoms with E-state index < -0.39 is 0 Å². The van der Waals surface area contributed by atoms with Gasteiger partial charge < -0.3 is 5.32 Å². The molecule has 5 nitrogen and oxygen atoms in total. The SMILES string of the molecule is Cc1c(Cl)cccc1NC(=O)c1cn(C)nn1. The van der Waals surface area contributed by atoms with Crippen LogP contribution in [0.1, 0.15) is 16.1 Å². The van der Waals surface area contributed by atoms with Crippen LogP contribution < -0.4 is 5.32 Å². The number of benzene rings is 1. The number of hydrogen-bond donors (Lipinski definition) is 1. The summed E-state index contributed by atoms with van der Waals surface area (Å²) in [6.07, 6.45) is 1.55. The van der Waals surface area contributed by atoms with E-state index in [1.165, 1.54) is 4.68 Å². The molecule has 0 atom stereocenters. The summed E-state index contributed by atoms with van der Waals surface area (Å²) in [5, 5.41) is 10.8. The van der Waals surface area contributed by atoms with Crippen molar-refractivity contribution in [2.75, 3.05) is 5.32 Å². The maximum Gasteiger partial charge on any atom is 0.277 e. The number of amides is 1. The van der Waals surface area contributed by atoms with Crippen LogP contribution >= 0.6 is 11.6 Å². The highest BCUT2D eigenvalue weighted by atomic mass is 35.5. The summed E-state index contributed by atoms with van der Waals surface area (Å²) in [6.45, 7) is 1.84. The number of halogens is 1. The summed E-state index contributed by atoms with van der Waals surface area (Å²) in [7, 11) is 1.70. The Labute approximate surface area is 103 Å². The third-order valence-electron chi connectivity index (χ3n) is 2.35. The molecule has 17 heavy (non-hydrogen) atoms. The number of nitrogens with zero attached hydrogens (tertiary/aromatic N) is 3. The number of nitrogens with one attached hydrogen (secondary N) is 1. The van der Waals surface area contributed by atoms with Crippen LogP contribution in [-0.2, 0) is 7.05 Å². The van der Waals surface area contributed by atoms with Gasteiger partial charge in [-0.25, -0.2) is 0 Å². The van der Waals surface area contributed by atoms with Crippen LogP contribution in [0, 0.1) is 6.92 Å². The number of carbonyl (C=O) groups excluding carboxylic acids is 1. The Bertz CT molecular complexity index is 564. The van der Waals surface area contributed by atoms with Gasteiger partial charge in [0, 0.05) is 17.8 Å². The van der Waals surface area contributed by atoms with E-state index in [0.717, 1.165) is 5.56 Å². The van der Waals surface area contributed by atoms with Gasteiger partial charge in [-0.15, -0.1) is 5.10 Å². The summed E-state index contributed by atoms with van der Waals surface area (Å²) in [5.41, 5.74) is 1.77. The first kappa shape index (κ1) is 11.6. The first-order valence-corrected chi connectivity index (χ1v) is 5.38. The van der Waals surface area contributed by atoms with Crippen molar-refractivity contribution in [3.63, 3.8) is 0 Å². The lowest BCUT2D eigenvalue weighted by Crippen LogP contribution is -2.13. The number of carbonyl (C=O) groups is 1. The lowest BCUT2D eigenvalue weighted by Gasteiger charge is -2.07. The Hall–Kier alpha value is -1.88. The molecule has 1 aromatic heterocycles. The minimum absolute atomic E-state index is 0.270. The first-order valence-electron chi connectivity index (χ1n) is 5.00. The van der Waals surface area contributed by atoms with E-state index in [1.807, 2.05) is 6.92 Å². The second kappa shape index (κ2) is 4.55. The van der Waals surface area contributed by atoms with Gasteiger partial charge in [-0.05, 0) is 24.6 Å². The summed E-state index contributed by atoms with van der Waals surface area (Å²) in [5.74, 6) is -0.302. The topological polar surface area (TPSA) is 59.8 Å². The van der Waals surface area contributed by atoms with Crippen molar-refractivity contribution in [1.82, 2.24) is 15.0 Å². The van der Waals surface area contributed by atoms with Gasteiger partial charge >= 0.3 is 0 Å². The molecule has 0 aliphatic carbocycles. The van der Waals surface area contributed by atoms with Gasteiger partial charge in [-0.2, -0.15) is 0 Å². The highest BCUT2D eigenvalue weighted by molar-refractivity contribution is 6.31. The second-order valence-electron chi connectivity index (χ2n) is 3.64. The molecule has 1 N–H and O–H groups in total. The molecule has 0 saturated carbocycles. The second-order valence-corrected chi connectivity index (χ2v) is 4.05. The Morgan fingerprint density at radius 3 is 2.88 bits per heavy atom. The van der Waals surface area contributed by atoms with Crippen molar-refractivity contribution in [1.29, 1.82) is 0 Å². The largest absolute Gasteiger partial charge is 0.320 e. The zero-order chi connectivity index (χ0) is 12.4. The summed E-state index contributed by atoms with van der Waals surface area (Å²) in [6, 6.07) is 5.34. The molecule has 0 aliphatic rings. The lowest BCUT2D eigenvalue weighted by molar-refractivity contribution is 0.102. The molecule has 6 heteroatoms. The third-order valence-corrected chi connectivity index (χ3v) is 2.76. The molecule has 2 aromatic rings. The molecule has 2 rings (SSSR count). The van der Waals surface area contributed by atoms with E-state index in [4.69, 9.17) is 11.6 Å². The molecule has 0 bridgehead atoms. The molecular weight excluding hydrogens is 240 g/mol. The average Bonchev–Trinajstić information content (AvgIpc) is 2.72. The quantitative estimate of drug-likeness (QED) is 0.887. The smallest absolute Gasteiger partial charge is 0.277 e. The highest BCUT2D eigenvalue weighted by Crippen LogP contribution is 2.23. The summed E-state index contributed by atoms with van der Waals surface area (Å²) in [4.78, 5) is 11.8. The maximum atomic E-state index is 11.8. The average molecular weight is 251 g/mol. The van der Waals surface area contributed by atoms with Crippen molar-refractivity contribution in [2.24, 2.45) is 7.05 Å². The van der Waals surface area contributed by atoms with Gasteiger partial charge in [0.15, 0.2) is 5.69 Å². The molecule has 0 saturated heterocycles. The summed E-state index contributed by atoms with van der Waals surface area (Å²) >= 11 is 5.96. The monoisotopic (exact) mass is 250 g/mol. The molecule has 0 aliphatic heterocycles. The first-order chi connectivity index (χ1) is 8.08. The molecule has 88 valence electrons. The predicted octanol–water partition coefficient (Wildman–Crippen LogP) is 2.03. The normalized spacial score (nSPS) is 10.3. The van der Waals surface area contributed by atoms with Crippen LogP contribution in [0.15, 0.2) is 24.4 Å². The minimum atomic E-state index is -0.302. The molecular formula is C11H11ClN4O. The van der Waals surface area contributed by atoms with E-state index in [0.29, 0.717) is 10.7 Å². The van der Waals surface area contributed by atoms with E-state index in [2.05, 4.69) is 15.6 Å². The van der Waals surface area contributed by atoms with Crippen LogP contribution in [0.25, 0.3) is 0 Å². The zero-order valence-electron chi connectivity index (χ0n) is 9.44. The molecule has 0 unspecified atom stereocenters. The molecule has 1 amide bonds. The molecule has 1 heterocycles. The molecule has 0 radical (unpaired) electrons. The van der Waals surface area contributed by atoms with Crippen LogP contribution in [0.4, 0.5) is 5.69 Å². The Morgan fingerprint density at radius 2 is 2.24 bits per heavy atom. The molecule has 1 aromatic carbocycles. The fourth-order valence-corrected chi connectivity index (χ4v) is 1.56. The van der Waals surface area contributed by atoms with E-state index in [-0.39, 0.29) is 11.6 Å². The van der Waals surface area contributed by atoms with Gasteiger partial charge in [0.2, 0.25) is 0 Å². The van der Waals surface area contributed by atoms with Crippen molar-refractivity contribution < 1.29 is 4.79 Å². The molecule has 0 fully saturated rings. The number of hydrogen-bond acceptors (Lipinski definition) is 3. The van der Waals surface area contributed by atoms with Crippen LogP contribution in [0.3, 0.4) is 0 Å². The number of aryl methyl sites for hydroxylation is 1. The van der Waals surface area contributed by atoms with Gasteiger partial charge in [0.1, 0.15) is 0 Å². The van der Waals surface area contributed by atoms with Crippen molar-refractivity contribution >= 4 is 23.2 Å². The van der Waals surface area contributed by atoms with Gasteiger partial charge in [0.25, 0.3) is 5.91 Å². The highest BCUT2D eigenvalue weighted by Gasteiger charge is 2.11. The Kier molecular flexibility index (Phi) is 3.10. The number of aromatic nitrogens is 3. The van der Waals surface area contributed by atoms with Crippen molar-refractivity contribution in [3.8, 4) is 0 Å². The van der Waals surface area contributed by atoms with Crippen LogP contribution in [0.5, 0.6) is 0 Å².